The molecule has 190 valence electrons. The molecule has 2 unspecified atom stereocenters. The monoisotopic (exact) mass is 571 g/mol. The lowest BCUT2D eigenvalue weighted by Gasteiger charge is -2.50. The molecular formula is C18H18ClN9O5S3. The van der Waals surface area contributed by atoms with Crippen molar-refractivity contribution in [3.8, 4) is 0 Å². The maximum Gasteiger partial charge on any atom is 0.378 e. The van der Waals surface area contributed by atoms with Crippen LogP contribution in [0.15, 0.2) is 27.8 Å². The molecule has 1 fully saturated rings. The average Bonchev–Trinajstić information content (AvgIpc) is 3.14. The maximum atomic E-state index is 12.9. The number of hydrogen-bond donors (Lipinski definition) is 5. The first-order chi connectivity index (χ1) is 17.1. The highest BCUT2D eigenvalue weighted by atomic mass is 35.5. The number of nitrogen functional groups attached to an aromatic ring is 3. The molecule has 4 rings (SSSR count). The molecule has 8 N–H and O–H groups in total. The van der Waals surface area contributed by atoms with Crippen LogP contribution in [0.25, 0.3) is 0 Å². The molecule has 0 aliphatic carbocycles. The van der Waals surface area contributed by atoms with Crippen LogP contribution in [0.4, 0.5) is 21.7 Å². The Morgan fingerprint density at radius 2 is 2.11 bits per heavy atom. The standard InChI is InChI=1S/C18H18ClN9O5S3/c19-13-11(26-17(22)35-13)12(27-33)14(29)25-10-7-2-1-6(36(18(31)32)28(7)15(10)30)3-4-34-9-5-8(20)23-16(21)24-9/h3-5,7,10,12H,1-2H2,(H2,22,26)(H,25,29)(H,31,32)(H4,20,21,23,24)/t7-,10-,12?,36?/m1/s1. The minimum absolute atomic E-state index is 0.0103. The summed E-state index contributed by atoms with van der Waals surface area (Å²) in [5.41, 5.74) is 16.7. The van der Waals surface area contributed by atoms with E-state index in [2.05, 4.69) is 25.4 Å². The highest BCUT2D eigenvalue weighted by molar-refractivity contribution is 8.27. The third-order valence-corrected chi connectivity index (χ3v) is 9.03. The van der Waals surface area contributed by atoms with E-state index in [-0.39, 0.29) is 26.9 Å². The Hall–Kier alpha value is -3.28. The molecule has 4 heterocycles. The van der Waals surface area contributed by atoms with Crippen molar-refractivity contribution in [3.63, 3.8) is 0 Å². The molecule has 0 saturated carbocycles. The number of carboxylic acid groups (broad SMARTS) is 1. The van der Waals surface area contributed by atoms with Gasteiger partial charge >= 0.3 is 5.30 Å². The molecule has 0 aromatic carbocycles. The number of nitrogens with zero attached hydrogens (tertiary/aromatic N) is 5. The number of nitrogens with one attached hydrogen (secondary N) is 1. The fourth-order valence-electron chi connectivity index (χ4n) is 3.70. The van der Waals surface area contributed by atoms with Gasteiger partial charge in [0.2, 0.25) is 12.0 Å². The van der Waals surface area contributed by atoms with E-state index >= 15 is 0 Å². The number of rotatable bonds is 7. The number of hydrogen-bond acceptors (Lipinski definition) is 13. The summed E-state index contributed by atoms with van der Waals surface area (Å²) in [6, 6.07) is -1.64. The molecule has 2 aliphatic rings. The van der Waals surface area contributed by atoms with E-state index in [0.29, 0.717) is 22.7 Å². The summed E-state index contributed by atoms with van der Waals surface area (Å²) in [6.07, 6.45) is 2.38. The van der Waals surface area contributed by atoms with E-state index in [0.717, 1.165) is 11.3 Å². The van der Waals surface area contributed by atoms with Crippen molar-refractivity contribution in [2.45, 2.75) is 36.0 Å². The Bertz CT molecular complexity index is 1310. The number of allylic oxidation sites excluding steroid dienone is 1. The van der Waals surface area contributed by atoms with E-state index in [1.54, 1.807) is 11.5 Å². The molecule has 36 heavy (non-hydrogen) atoms. The molecule has 2 amide bonds. The van der Waals surface area contributed by atoms with Gasteiger partial charge in [0.1, 0.15) is 26.9 Å². The summed E-state index contributed by atoms with van der Waals surface area (Å²) in [4.78, 5) is 61.2. The molecule has 2 aromatic heterocycles. The number of nitroso groups, excluding NO2 is 1. The van der Waals surface area contributed by atoms with E-state index in [4.69, 9.17) is 28.8 Å². The largest absolute Gasteiger partial charge is 0.472 e. The van der Waals surface area contributed by atoms with E-state index in [1.807, 2.05) is 0 Å². The zero-order valence-corrected chi connectivity index (χ0v) is 21.2. The molecule has 18 heteroatoms. The van der Waals surface area contributed by atoms with Crippen LogP contribution in [0.5, 0.6) is 0 Å². The summed E-state index contributed by atoms with van der Waals surface area (Å²) in [7, 11) is -1.55. The number of carbonyl (C=O) groups excluding carboxylic acids is 2. The summed E-state index contributed by atoms with van der Waals surface area (Å²) >= 11 is 8.03. The van der Waals surface area contributed by atoms with Crippen LogP contribution in [0.1, 0.15) is 24.6 Å². The van der Waals surface area contributed by atoms with Gasteiger partial charge in [-0.1, -0.05) is 34.7 Å². The second-order valence-corrected chi connectivity index (χ2v) is 11.8. The smallest absolute Gasteiger partial charge is 0.378 e. The van der Waals surface area contributed by atoms with Gasteiger partial charge in [0.15, 0.2) is 5.13 Å². The van der Waals surface area contributed by atoms with Crippen molar-refractivity contribution < 1.29 is 19.5 Å². The number of fused-ring (bicyclic) bond motifs is 1. The lowest BCUT2D eigenvalue weighted by Crippen LogP contribution is -2.70. The zero-order chi connectivity index (χ0) is 26.1. The van der Waals surface area contributed by atoms with Crippen LogP contribution in [-0.2, 0) is 9.59 Å². The first-order valence-electron chi connectivity index (χ1n) is 10.0. The number of β-lactam (4-membered cyclic amide) rings is 1. The van der Waals surface area contributed by atoms with Crippen LogP contribution in [0.2, 0.25) is 4.34 Å². The predicted octanol–water partition coefficient (Wildman–Crippen LogP) is 1.97. The number of thiazole rings is 1. The van der Waals surface area contributed by atoms with Gasteiger partial charge in [0, 0.05) is 21.6 Å². The predicted molar refractivity (Wildman–Crippen MR) is 138 cm³/mol. The number of nitrogens with two attached hydrogens (primary N) is 3. The second-order valence-electron chi connectivity index (χ2n) is 7.40. The normalized spacial score (nSPS) is 22.1. The molecule has 0 bridgehead atoms. The lowest BCUT2D eigenvalue weighted by molar-refractivity contribution is -0.145. The Labute approximate surface area is 218 Å². The van der Waals surface area contributed by atoms with Gasteiger partial charge in [-0.3, -0.25) is 13.9 Å². The highest BCUT2D eigenvalue weighted by Crippen LogP contribution is 2.43. The van der Waals surface area contributed by atoms with Gasteiger partial charge in [-0.05, 0) is 29.5 Å². The van der Waals surface area contributed by atoms with Gasteiger partial charge in [-0.25, -0.2) is 14.8 Å². The van der Waals surface area contributed by atoms with Crippen molar-refractivity contribution in [2.24, 2.45) is 5.18 Å². The Kier molecular flexibility index (Phi) is 7.43. The summed E-state index contributed by atoms with van der Waals surface area (Å²) in [5, 5.41) is 16.1. The third-order valence-electron chi connectivity index (χ3n) is 5.19. The van der Waals surface area contributed by atoms with Gasteiger partial charge in [0.25, 0.3) is 11.8 Å². The second kappa shape index (κ2) is 10.4. The number of anilines is 3. The van der Waals surface area contributed by atoms with Crippen LogP contribution in [0.3, 0.4) is 0 Å². The molecule has 2 aliphatic heterocycles. The number of aromatic nitrogens is 3. The van der Waals surface area contributed by atoms with Crippen molar-refractivity contribution in [1.29, 1.82) is 0 Å². The molecular weight excluding hydrogens is 554 g/mol. The van der Waals surface area contributed by atoms with Crippen LogP contribution in [0, 0.1) is 4.91 Å². The minimum Gasteiger partial charge on any atom is -0.472 e. The summed E-state index contributed by atoms with van der Waals surface area (Å²) < 4.78 is 1.27. The van der Waals surface area contributed by atoms with Gasteiger partial charge in [-0.15, -0.1) is 4.91 Å². The molecule has 2 aromatic rings. The van der Waals surface area contributed by atoms with E-state index in [9.17, 15) is 24.4 Å². The van der Waals surface area contributed by atoms with E-state index < -0.39 is 45.9 Å². The quantitative estimate of drug-likeness (QED) is 0.0801. The zero-order valence-electron chi connectivity index (χ0n) is 18.0. The van der Waals surface area contributed by atoms with Crippen LogP contribution in [-0.4, -0.2) is 58.4 Å². The summed E-state index contributed by atoms with van der Waals surface area (Å²) in [6.45, 7) is 0. The van der Waals surface area contributed by atoms with Crippen LogP contribution < -0.4 is 22.5 Å². The average molecular weight is 572 g/mol. The van der Waals surface area contributed by atoms with Crippen molar-refractivity contribution >= 4 is 84.2 Å². The molecule has 4 atom stereocenters. The first-order valence-corrected chi connectivity index (χ1v) is 13.3. The lowest BCUT2D eigenvalue weighted by atomic mass is 9.92. The Balaban J connectivity index is 1.49. The van der Waals surface area contributed by atoms with Gasteiger partial charge in [0.05, 0.1) is 6.04 Å². The Morgan fingerprint density at radius 3 is 2.72 bits per heavy atom. The first kappa shape index (κ1) is 25.8. The highest BCUT2D eigenvalue weighted by Gasteiger charge is 2.53. The van der Waals surface area contributed by atoms with E-state index in [1.165, 1.54) is 22.1 Å². The molecule has 1 saturated heterocycles. The van der Waals surface area contributed by atoms with Crippen molar-refractivity contribution in [2.75, 3.05) is 17.2 Å². The molecule has 0 spiro atoms. The van der Waals surface area contributed by atoms with Gasteiger partial charge in [-0.2, -0.15) is 4.98 Å². The number of thioether (sulfide) groups is 1. The maximum absolute atomic E-state index is 12.9. The minimum atomic E-state index is -1.60. The van der Waals surface area contributed by atoms with Crippen LogP contribution >= 0.6 is 45.4 Å². The van der Waals surface area contributed by atoms with Gasteiger partial charge < -0.3 is 27.6 Å². The third kappa shape index (κ3) is 4.99. The fraction of sp³-hybridized carbons (Fsp3) is 0.278. The number of halogens is 1. The summed E-state index contributed by atoms with van der Waals surface area (Å²) in [5.74, 6) is -1.25. The molecule has 14 nitrogen and oxygen atoms in total. The van der Waals surface area contributed by atoms with Crippen molar-refractivity contribution in [3.05, 3.63) is 32.5 Å². The Morgan fingerprint density at radius 1 is 1.36 bits per heavy atom. The topological polar surface area (TPSA) is 233 Å². The number of carbonyl (C=O) groups is 3. The van der Waals surface area contributed by atoms with Crippen molar-refractivity contribution in [1.82, 2.24) is 24.6 Å². The fourth-order valence-corrected chi connectivity index (χ4v) is 7.41. The SMILES string of the molecule is Nc1cc(SC=CC2=S(C(=O)O)N3C(=O)[C@H](NC(=O)C(N=O)c4nc(N)sc4Cl)[C@H]3CC2)nc(N)n1. The molecule has 0 radical (unpaired) electrons. The number of amides is 2.